The summed E-state index contributed by atoms with van der Waals surface area (Å²) in [6.45, 7) is 1.59. The number of esters is 1. The van der Waals surface area contributed by atoms with Crippen LogP contribution in [-0.4, -0.2) is 19.6 Å². The molecule has 0 atom stereocenters. The molecule has 1 heterocycles. The van der Waals surface area contributed by atoms with Crippen molar-refractivity contribution in [2.45, 2.75) is 13.0 Å². The Hall–Kier alpha value is -0.770. The second-order valence-corrected chi connectivity index (χ2v) is 4.39. The van der Waals surface area contributed by atoms with Crippen LogP contribution in [0.25, 0.3) is 0 Å². The molecule has 86 valence electrons. The molecule has 0 saturated heterocycles. The molecule has 0 amide bonds. The monoisotopic (exact) mass is 259 g/mol. The van der Waals surface area contributed by atoms with Gasteiger partial charge < -0.3 is 10.1 Å². The summed E-state index contributed by atoms with van der Waals surface area (Å²) >= 11 is 12.2. The number of benzene rings is 1. The molecule has 0 spiro atoms. The molecule has 16 heavy (non-hydrogen) atoms. The van der Waals surface area contributed by atoms with Gasteiger partial charge in [0.1, 0.15) is 0 Å². The first-order chi connectivity index (χ1) is 7.65. The first-order valence-electron chi connectivity index (χ1n) is 4.94. The lowest BCUT2D eigenvalue weighted by atomic mass is 9.98. The maximum Gasteiger partial charge on any atom is 0.340 e. The van der Waals surface area contributed by atoms with Crippen molar-refractivity contribution in [2.24, 2.45) is 0 Å². The summed E-state index contributed by atoms with van der Waals surface area (Å²) in [6, 6.07) is 1.78. The second-order valence-electron chi connectivity index (χ2n) is 3.60. The van der Waals surface area contributed by atoms with Crippen LogP contribution in [0.5, 0.6) is 0 Å². The van der Waals surface area contributed by atoms with Gasteiger partial charge in [0.25, 0.3) is 0 Å². The van der Waals surface area contributed by atoms with Gasteiger partial charge in [0.05, 0.1) is 22.7 Å². The fraction of sp³-hybridized carbons (Fsp3) is 0.364. The average Bonchev–Trinajstić information content (AvgIpc) is 2.28. The SMILES string of the molecule is COC(=O)c1c(Cl)cc2c(c1Cl)CCNC2. The fourth-order valence-electron chi connectivity index (χ4n) is 1.86. The van der Waals surface area contributed by atoms with E-state index in [2.05, 4.69) is 10.1 Å². The standard InChI is InChI=1S/C11H11Cl2NO2/c1-16-11(15)9-8(12)4-6-5-14-3-2-7(6)10(9)13/h4,14H,2-3,5H2,1H3. The zero-order chi connectivity index (χ0) is 11.7. The second kappa shape index (κ2) is 4.62. The fourth-order valence-corrected chi connectivity index (χ4v) is 2.61. The van der Waals surface area contributed by atoms with Gasteiger partial charge in [-0.1, -0.05) is 23.2 Å². The summed E-state index contributed by atoms with van der Waals surface area (Å²) in [5.41, 5.74) is 2.31. The molecular formula is C11H11Cl2NO2. The van der Waals surface area contributed by atoms with Crippen molar-refractivity contribution in [3.63, 3.8) is 0 Å². The number of halogens is 2. The number of methoxy groups -OCH3 is 1. The minimum atomic E-state index is -0.490. The van der Waals surface area contributed by atoms with Crippen LogP contribution in [0.1, 0.15) is 21.5 Å². The highest BCUT2D eigenvalue weighted by Crippen LogP contribution is 2.33. The van der Waals surface area contributed by atoms with Crippen LogP contribution in [0.2, 0.25) is 10.0 Å². The number of fused-ring (bicyclic) bond motifs is 1. The first-order valence-corrected chi connectivity index (χ1v) is 5.69. The molecule has 5 heteroatoms. The Bertz CT molecular complexity index is 446. The molecule has 0 radical (unpaired) electrons. The van der Waals surface area contributed by atoms with Gasteiger partial charge in [0.15, 0.2) is 0 Å². The van der Waals surface area contributed by atoms with E-state index < -0.39 is 5.97 Å². The topological polar surface area (TPSA) is 38.3 Å². The van der Waals surface area contributed by atoms with E-state index in [0.29, 0.717) is 10.0 Å². The maximum absolute atomic E-state index is 11.5. The van der Waals surface area contributed by atoms with E-state index in [9.17, 15) is 4.79 Å². The lowest BCUT2D eigenvalue weighted by Crippen LogP contribution is -2.24. The molecule has 3 nitrogen and oxygen atoms in total. The van der Waals surface area contributed by atoms with E-state index >= 15 is 0 Å². The molecule has 2 rings (SSSR count). The van der Waals surface area contributed by atoms with Gasteiger partial charge in [0, 0.05) is 6.54 Å². The Balaban J connectivity index is 2.58. The molecule has 0 unspecified atom stereocenters. The average molecular weight is 260 g/mol. The number of carbonyl (C=O) groups is 1. The van der Waals surface area contributed by atoms with Crippen molar-refractivity contribution >= 4 is 29.2 Å². The van der Waals surface area contributed by atoms with Gasteiger partial charge in [-0.15, -0.1) is 0 Å². The van der Waals surface area contributed by atoms with Crippen molar-refractivity contribution in [2.75, 3.05) is 13.7 Å². The number of hydrogen-bond acceptors (Lipinski definition) is 3. The molecule has 0 aromatic heterocycles. The van der Waals surface area contributed by atoms with Crippen molar-refractivity contribution in [1.82, 2.24) is 5.32 Å². The van der Waals surface area contributed by atoms with E-state index in [-0.39, 0.29) is 5.56 Å². The Labute approximate surface area is 104 Å². The van der Waals surface area contributed by atoms with Crippen molar-refractivity contribution in [1.29, 1.82) is 0 Å². The third-order valence-electron chi connectivity index (χ3n) is 2.67. The number of rotatable bonds is 1. The predicted octanol–water partition coefficient (Wildman–Crippen LogP) is 2.43. The van der Waals surface area contributed by atoms with Gasteiger partial charge in [-0.3, -0.25) is 0 Å². The van der Waals surface area contributed by atoms with Crippen LogP contribution in [0, 0.1) is 0 Å². The van der Waals surface area contributed by atoms with Crippen LogP contribution in [0.15, 0.2) is 6.07 Å². The lowest BCUT2D eigenvalue weighted by molar-refractivity contribution is 0.0601. The van der Waals surface area contributed by atoms with E-state index in [4.69, 9.17) is 23.2 Å². The molecule has 0 aliphatic carbocycles. The summed E-state index contributed by atoms with van der Waals surface area (Å²) in [5, 5.41) is 4.00. The number of carbonyl (C=O) groups excluding carboxylic acids is 1. The van der Waals surface area contributed by atoms with E-state index in [1.165, 1.54) is 7.11 Å². The molecule has 0 saturated carbocycles. The van der Waals surface area contributed by atoms with Gasteiger partial charge in [-0.2, -0.15) is 0 Å². The lowest BCUT2D eigenvalue weighted by Gasteiger charge is -2.20. The zero-order valence-electron chi connectivity index (χ0n) is 8.77. The molecule has 0 bridgehead atoms. The van der Waals surface area contributed by atoms with E-state index in [1.807, 2.05) is 0 Å². The van der Waals surface area contributed by atoms with Gasteiger partial charge in [-0.25, -0.2) is 4.79 Å². The molecule has 1 aliphatic heterocycles. The van der Waals surface area contributed by atoms with Gasteiger partial charge in [0.2, 0.25) is 0 Å². The summed E-state index contributed by atoms with van der Waals surface area (Å²) in [6.07, 6.45) is 0.801. The molecule has 1 aromatic rings. The number of nitrogens with one attached hydrogen (secondary N) is 1. The zero-order valence-corrected chi connectivity index (χ0v) is 10.3. The van der Waals surface area contributed by atoms with Crippen molar-refractivity contribution in [3.8, 4) is 0 Å². The first kappa shape index (κ1) is 11.7. The Morgan fingerprint density at radius 2 is 2.25 bits per heavy atom. The quantitative estimate of drug-likeness (QED) is 0.788. The van der Waals surface area contributed by atoms with Crippen LogP contribution in [-0.2, 0) is 17.7 Å². The highest BCUT2D eigenvalue weighted by atomic mass is 35.5. The highest BCUT2D eigenvalue weighted by Gasteiger charge is 2.22. The predicted molar refractivity (Wildman–Crippen MR) is 63.2 cm³/mol. The van der Waals surface area contributed by atoms with Crippen LogP contribution < -0.4 is 5.32 Å². The van der Waals surface area contributed by atoms with Crippen molar-refractivity contribution in [3.05, 3.63) is 32.8 Å². The smallest absolute Gasteiger partial charge is 0.340 e. The molecule has 1 aromatic carbocycles. The van der Waals surface area contributed by atoms with Crippen LogP contribution in [0.4, 0.5) is 0 Å². The van der Waals surface area contributed by atoms with E-state index in [0.717, 1.165) is 30.6 Å². The third kappa shape index (κ3) is 1.90. The highest BCUT2D eigenvalue weighted by molar-refractivity contribution is 6.40. The van der Waals surface area contributed by atoms with E-state index in [1.54, 1.807) is 6.07 Å². The summed E-state index contributed by atoms with van der Waals surface area (Å²) in [7, 11) is 1.32. The Morgan fingerprint density at radius 3 is 2.94 bits per heavy atom. The van der Waals surface area contributed by atoms with Crippen LogP contribution in [0.3, 0.4) is 0 Å². The maximum atomic E-state index is 11.5. The molecule has 1 N–H and O–H groups in total. The molecule has 0 fully saturated rings. The minimum Gasteiger partial charge on any atom is -0.465 e. The Morgan fingerprint density at radius 1 is 1.50 bits per heavy atom. The normalized spacial score (nSPS) is 14.4. The largest absolute Gasteiger partial charge is 0.465 e. The van der Waals surface area contributed by atoms with Crippen molar-refractivity contribution < 1.29 is 9.53 Å². The van der Waals surface area contributed by atoms with Crippen LogP contribution >= 0.6 is 23.2 Å². The summed E-state index contributed by atoms with van der Waals surface area (Å²) in [5.74, 6) is -0.490. The van der Waals surface area contributed by atoms with Gasteiger partial charge in [-0.05, 0) is 30.2 Å². The van der Waals surface area contributed by atoms with Gasteiger partial charge >= 0.3 is 5.97 Å². The molecule has 1 aliphatic rings. The molecular weight excluding hydrogens is 249 g/mol. The summed E-state index contributed by atoms with van der Waals surface area (Å²) < 4.78 is 4.67. The number of ether oxygens (including phenoxy) is 1. The minimum absolute atomic E-state index is 0.270. The Kier molecular flexibility index (Phi) is 3.38. The third-order valence-corrected chi connectivity index (χ3v) is 3.38. The number of hydrogen-bond donors (Lipinski definition) is 1. The summed E-state index contributed by atoms with van der Waals surface area (Å²) in [4.78, 5) is 11.5.